The van der Waals surface area contributed by atoms with Crippen molar-refractivity contribution in [3.8, 4) is 0 Å². The Morgan fingerprint density at radius 3 is 2.83 bits per heavy atom. The second kappa shape index (κ2) is 4.96. The van der Waals surface area contributed by atoms with Crippen molar-refractivity contribution in [1.29, 1.82) is 0 Å². The Balaban J connectivity index is 2.37. The minimum Gasteiger partial charge on any atom is -0.357 e. The Bertz CT molecular complexity index is 585. The third kappa shape index (κ3) is 2.53. The van der Waals surface area contributed by atoms with E-state index in [4.69, 9.17) is 0 Å². The van der Waals surface area contributed by atoms with Gasteiger partial charge in [-0.05, 0) is 18.7 Å². The van der Waals surface area contributed by atoms with E-state index >= 15 is 0 Å². The highest BCUT2D eigenvalue weighted by Gasteiger charge is 2.19. The number of aromatic amines is 1. The first-order valence-electron chi connectivity index (χ1n) is 4.86. The number of anilines is 1. The van der Waals surface area contributed by atoms with Crippen molar-refractivity contribution >= 4 is 23.4 Å². The smallest absolute Gasteiger partial charge is 0.320 e. The summed E-state index contributed by atoms with van der Waals surface area (Å²) < 4.78 is 0. The number of rotatable bonds is 4. The predicted molar refractivity (Wildman–Crippen MR) is 63.5 cm³/mol. The first kappa shape index (κ1) is 12.2. The van der Waals surface area contributed by atoms with Crippen LogP contribution in [0, 0.1) is 17.0 Å². The molecule has 2 heterocycles. The molecule has 2 aromatic rings. The van der Waals surface area contributed by atoms with Crippen LogP contribution in [0.2, 0.25) is 0 Å². The highest BCUT2D eigenvalue weighted by atomic mass is 32.2. The molecule has 0 aromatic carbocycles. The Hall–Kier alpha value is -2.23. The molecule has 0 aliphatic heterocycles. The molecule has 0 unspecified atom stereocenters. The third-order valence-electron chi connectivity index (χ3n) is 1.92. The molecule has 0 saturated carbocycles. The molecule has 0 amide bonds. The summed E-state index contributed by atoms with van der Waals surface area (Å²) in [7, 11) is 1.63. The number of hydrogen-bond acceptors (Lipinski definition) is 8. The summed E-state index contributed by atoms with van der Waals surface area (Å²) in [5.74, 6) is 0.929. The molecular formula is C8H9N7O2S. The quantitative estimate of drug-likeness (QED) is 0.478. The number of hydrogen-bond donors (Lipinski definition) is 2. The van der Waals surface area contributed by atoms with Gasteiger partial charge in [-0.1, -0.05) is 0 Å². The second-order valence-electron chi connectivity index (χ2n) is 3.20. The van der Waals surface area contributed by atoms with E-state index in [0.717, 1.165) is 18.0 Å². The van der Waals surface area contributed by atoms with Gasteiger partial charge in [0.15, 0.2) is 5.03 Å². The zero-order valence-electron chi connectivity index (χ0n) is 9.54. The Labute approximate surface area is 106 Å². The molecule has 0 radical (unpaired) electrons. The molecule has 0 aliphatic carbocycles. The fraction of sp³-hybridized carbons (Fsp3) is 0.250. The maximum Gasteiger partial charge on any atom is 0.320 e. The van der Waals surface area contributed by atoms with Crippen molar-refractivity contribution in [2.24, 2.45) is 0 Å². The van der Waals surface area contributed by atoms with Crippen LogP contribution in [0.5, 0.6) is 0 Å². The van der Waals surface area contributed by atoms with Crippen LogP contribution < -0.4 is 5.32 Å². The standard InChI is InChI=1S/C8H9N7O2S/c1-4-11-8(14-13-4)18-6-5(15(16)17)3-10-7(9-2)12-6/h3H,1-2H3,(H,9,10,12)(H,11,13,14). The second-order valence-corrected chi connectivity index (χ2v) is 4.15. The molecule has 0 fully saturated rings. The van der Waals surface area contributed by atoms with Crippen molar-refractivity contribution in [2.45, 2.75) is 17.1 Å². The van der Waals surface area contributed by atoms with Crippen LogP contribution in [0.3, 0.4) is 0 Å². The van der Waals surface area contributed by atoms with Gasteiger partial charge in [0.25, 0.3) is 0 Å². The summed E-state index contributed by atoms with van der Waals surface area (Å²) in [5.41, 5.74) is -0.179. The summed E-state index contributed by atoms with van der Waals surface area (Å²) in [6.07, 6.45) is 1.15. The summed E-state index contributed by atoms with van der Waals surface area (Å²) in [6.45, 7) is 1.74. The van der Waals surface area contributed by atoms with Crippen LogP contribution >= 0.6 is 11.8 Å². The average molecular weight is 267 g/mol. The van der Waals surface area contributed by atoms with Crippen molar-refractivity contribution in [3.63, 3.8) is 0 Å². The zero-order valence-corrected chi connectivity index (χ0v) is 10.4. The number of H-pyrrole nitrogens is 1. The van der Waals surface area contributed by atoms with E-state index in [1.807, 2.05) is 0 Å². The highest BCUT2D eigenvalue weighted by molar-refractivity contribution is 7.99. The van der Waals surface area contributed by atoms with Gasteiger partial charge >= 0.3 is 5.69 Å². The maximum atomic E-state index is 10.9. The third-order valence-corrected chi connectivity index (χ3v) is 2.78. The van der Waals surface area contributed by atoms with Crippen molar-refractivity contribution in [2.75, 3.05) is 12.4 Å². The van der Waals surface area contributed by atoms with E-state index in [0.29, 0.717) is 16.9 Å². The van der Waals surface area contributed by atoms with E-state index in [-0.39, 0.29) is 10.7 Å². The summed E-state index contributed by atoms with van der Waals surface area (Å²) in [5, 5.41) is 20.7. The SMILES string of the molecule is CNc1ncc([N+](=O)[O-])c(Sc2n[nH]c(C)n2)n1. The molecule has 94 valence electrons. The monoisotopic (exact) mass is 267 g/mol. The molecule has 2 N–H and O–H groups in total. The molecule has 10 heteroatoms. The van der Waals surface area contributed by atoms with Crippen LogP contribution in [0.15, 0.2) is 16.4 Å². The molecule has 0 spiro atoms. The van der Waals surface area contributed by atoms with Crippen LogP contribution in [-0.2, 0) is 0 Å². The molecule has 0 saturated heterocycles. The first-order valence-corrected chi connectivity index (χ1v) is 5.68. The predicted octanol–water partition coefficient (Wildman–Crippen LogP) is 1.00. The lowest BCUT2D eigenvalue weighted by molar-refractivity contribution is -0.388. The van der Waals surface area contributed by atoms with Gasteiger partial charge in [-0.25, -0.2) is 9.97 Å². The maximum absolute atomic E-state index is 10.9. The average Bonchev–Trinajstić information content (AvgIpc) is 2.74. The molecular weight excluding hydrogens is 258 g/mol. The normalized spacial score (nSPS) is 10.3. The van der Waals surface area contributed by atoms with Crippen LogP contribution in [0.1, 0.15) is 5.82 Å². The fourth-order valence-corrected chi connectivity index (χ4v) is 1.95. The summed E-state index contributed by atoms with van der Waals surface area (Å²) >= 11 is 1.01. The lowest BCUT2D eigenvalue weighted by atomic mass is 10.5. The molecule has 2 aromatic heterocycles. The van der Waals surface area contributed by atoms with Gasteiger partial charge in [-0.2, -0.15) is 4.98 Å². The largest absolute Gasteiger partial charge is 0.357 e. The lowest BCUT2D eigenvalue weighted by Gasteiger charge is -2.01. The van der Waals surface area contributed by atoms with Crippen molar-refractivity contribution in [1.82, 2.24) is 25.1 Å². The van der Waals surface area contributed by atoms with Gasteiger partial charge in [-0.3, -0.25) is 15.2 Å². The van der Waals surface area contributed by atoms with E-state index in [1.165, 1.54) is 0 Å². The van der Waals surface area contributed by atoms with Crippen LogP contribution in [0.4, 0.5) is 11.6 Å². The van der Waals surface area contributed by atoms with Crippen molar-refractivity contribution < 1.29 is 4.92 Å². The van der Waals surface area contributed by atoms with Crippen LogP contribution in [0.25, 0.3) is 0 Å². The lowest BCUT2D eigenvalue weighted by Crippen LogP contribution is -2.01. The minimum absolute atomic E-state index is 0.179. The topological polar surface area (TPSA) is 123 Å². The van der Waals surface area contributed by atoms with Crippen LogP contribution in [-0.4, -0.2) is 37.1 Å². The van der Waals surface area contributed by atoms with Gasteiger partial charge in [0.1, 0.15) is 12.0 Å². The zero-order chi connectivity index (χ0) is 13.1. The molecule has 2 rings (SSSR count). The molecule has 18 heavy (non-hydrogen) atoms. The van der Waals surface area contributed by atoms with E-state index < -0.39 is 4.92 Å². The minimum atomic E-state index is -0.540. The summed E-state index contributed by atoms with van der Waals surface area (Å²) in [4.78, 5) is 22.2. The molecule has 0 bridgehead atoms. The molecule has 9 nitrogen and oxygen atoms in total. The first-order chi connectivity index (χ1) is 8.60. The van der Waals surface area contributed by atoms with E-state index in [9.17, 15) is 10.1 Å². The number of aryl methyl sites for hydroxylation is 1. The Morgan fingerprint density at radius 2 is 2.28 bits per heavy atom. The number of nitro groups is 1. The fourth-order valence-electron chi connectivity index (χ4n) is 1.13. The summed E-state index contributed by atoms with van der Waals surface area (Å²) in [6, 6.07) is 0. The van der Waals surface area contributed by atoms with Gasteiger partial charge in [0.05, 0.1) is 4.92 Å². The van der Waals surface area contributed by atoms with Gasteiger partial charge < -0.3 is 5.32 Å². The molecule has 0 aliphatic rings. The Kier molecular flexibility index (Phi) is 3.37. The number of aromatic nitrogens is 5. The van der Waals surface area contributed by atoms with Gasteiger partial charge in [-0.15, -0.1) is 5.10 Å². The molecule has 0 atom stereocenters. The highest BCUT2D eigenvalue weighted by Crippen LogP contribution is 2.31. The number of nitrogens with zero attached hydrogens (tertiary/aromatic N) is 5. The number of nitrogens with one attached hydrogen (secondary N) is 2. The van der Waals surface area contributed by atoms with Gasteiger partial charge in [0.2, 0.25) is 11.1 Å². The Morgan fingerprint density at radius 1 is 1.50 bits per heavy atom. The van der Waals surface area contributed by atoms with Gasteiger partial charge in [0, 0.05) is 7.05 Å². The van der Waals surface area contributed by atoms with E-state index in [2.05, 4.69) is 30.5 Å². The van der Waals surface area contributed by atoms with Crippen molar-refractivity contribution in [3.05, 3.63) is 22.1 Å². The van der Waals surface area contributed by atoms with E-state index in [1.54, 1.807) is 14.0 Å².